The second-order valence-electron chi connectivity index (χ2n) is 8.34. The molecule has 0 amide bonds. The van der Waals surface area contributed by atoms with Crippen LogP contribution in [0.3, 0.4) is 0 Å². The fourth-order valence-electron chi connectivity index (χ4n) is 2.06. The maximum Gasteiger partial charge on any atom is 0.0676 e. The number of aliphatic hydroxyl groups is 1. The highest BCUT2D eigenvalue weighted by Gasteiger charge is 2.33. The van der Waals surface area contributed by atoms with Crippen LogP contribution in [0.25, 0.3) is 0 Å². The first-order valence-electron chi connectivity index (χ1n) is 6.59. The van der Waals surface area contributed by atoms with E-state index in [1.807, 2.05) is 13.8 Å². The molecule has 1 N–H and O–H groups in total. The average molecular weight is 240 g/mol. The molecule has 0 aromatic rings. The number of hydrogen-bond donors (Lipinski definition) is 1. The first-order chi connectivity index (χ1) is 7.16. The van der Waals surface area contributed by atoms with E-state index >= 15 is 0 Å². The molecule has 17 heavy (non-hydrogen) atoms. The Balaban J connectivity index is 4.84. The van der Waals surface area contributed by atoms with Crippen LogP contribution < -0.4 is 0 Å². The van der Waals surface area contributed by atoms with Crippen LogP contribution in [0.1, 0.15) is 68.7 Å². The second kappa shape index (κ2) is 4.76. The van der Waals surface area contributed by atoms with E-state index in [1.165, 1.54) is 0 Å². The summed E-state index contributed by atoms with van der Waals surface area (Å²) in [6.45, 7) is 19.2. The zero-order chi connectivity index (χ0) is 14.1. The summed E-state index contributed by atoms with van der Waals surface area (Å²) in [6, 6.07) is 0. The molecule has 0 aromatic carbocycles. The van der Waals surface area contributed by atoms with Crippen molar-refractivity contribution in [3.63, 3.8) is 0 Å². The van der Waals surface area contributed by atoms with Crippen LogP contribution in [0.4, 0.5) is 0 Å². The van der Waals surface area contributed by atoms with Gasteiger partial charge in [0.1, 0.15) is 0 Å². The van der Waals surface area contributed by atoms with Crippen LogP contribution in [0.2, 0.25) is 0 Å². The first-order valence-corrected chi connectivity index (χ1v) is 6.59. The largest absolute Gasteiger partial charge is 0.390 e. The zero-order valence-electron chi connectivity index (χ0n) is 13.3. The Morgan fingerprint density at radius 2 is 1.18 bits per heavy atom. The second-order valence-corrected chi connectivity index (χ2v) is 8.34. The molecule has 0 aromatic heterocycles. The molecule has 1 heteroatoms. The van der Waals surface area contributed by atoms with Crippen LogP contribution in [0.15, 0.2) is 12.2 Å². The third-order valence-electron chi connectivity index (χ3n) is 3.51. The summed E-state index contributed by atoms with van der Waals surface area (Å²) in [4.78, 5) is 0. The molecular weight excluding hydrogens is 208 g/mol. The summed E-state index contributed by atoms with van der Waals surface area (Å²) in [5.74, 6) is 0. The lowest BCUT2D eigenvalue weighted by atomic mass is 9.72. The molecule has 1 nitrogen and oxygen atoms in total. The molecule has 0 spiro atoms. The van der Waals surface area contributed by atoms with Gasteiger partial charge in [0.2, 0.25) is 0 Å². The fraction of sp³-hybridized carbons (Fsp3) is 0.875. The van der Waals surface area contributed by atoms with Crippen molar-refractivity contribution in [2.24, 2.45) is 16.2 Å². The minimum Gasteiger partial charge on any atom is -0.390 e. The summed E-state index contributed by atoms with van der Waals surface area (Å²) in [5, 5.41) is 10.1. The van der Waals surface area contributed by atoms with Gasteiger partial charge in [-0.25, -0.2) is 0 Å². The molecule has 0 saturated carbocycles. The third-order valence-corrected chi connectivity index (χ3v) is 3.51. The molecule has 0 aliphatic carbocycles. The van der Waals surface area contributed by atoms with Gasteiger partial charge in [-0.05, 0) is 31.1 Å². The Labute approximate surface area is 108 Å². The maximum absolute atomic E-state index is 10.1. The van der Waals surface area contributed by atoms with E-state index in [4.69, 9.17) is 0 Å². The minimum absolute atomic E-state index is 0.167. The maximum atomic E-state index is 10.1. The summed E-state index contributed by atoms with van der Waals surface area (Å²) < 4.78 is 0. The van der Waals surface area contributed by atoms with Gasteiger partial charge in [-0.3, -0.25) is 0 Å². The first kappa shape index (κ1) is 16.7. The topological polar surface area (TPSA) is 20.2 Å². The number of hydrogen-bond acceptors (Lipinski definition) is 1. The van der Waals surface area contributed by atoms with Gasteiger partial charge in [0, 0.05) is 5.41 Å². The van der Waals surface area contributed by atoms with Crippen LogP contribution in [0, 0.1) is 16.2 Å². The molecule has 102 valence electrons. The average Bonchev–Trinajstić information content (AvgIpc) is 1.94. The van der Waals surface area contributed by atoms with Crippen molar-refractivity contribution in [3.8, 4) is 0 Å². The van der Waals surface area contributed by atoms with Crippen LogP contribution >= 0.6 is 0 Å². The molecule has 0 aliphatic heterocycles. The van der Waals surface area contributed by atoms with Crippen LogP contribution in [-0.2, 0) is 0 Å². The molecule has 0 radical (unpaired) electrons. The Kier molecular flexibility index (Phi) is 4.67. The van der Waals surface area contributed by atoms with Crippen LogP contribution in [-0.4, -0.2) is 10.7 Å². The monoisotopic (exact) mass is 240 g/mol. The molecular formula is C16H32O. The van der Waals surface area contributed by atoms with E-state index in [2.05, 4.69) is 60.6 Å². The molecule has 0 fully saturated rings. The highest BCUT2D eigenvalue weighted by atomic mass is 16.3. The summed E-state index contributed by atoms with van der Waals surface area (Å²) >= 11 is 0. The Morgan fingerprint density at radius 3 is 1.47 bits per heavy atom. The molecule has 0 saturated heterocycles. The van der Waals surface area contributed by atoms with E-state index < -0.39 is 5.60 Å². The predicted octanol–water partition coefficient (Wildman–Crippen LogP) is 4.80. The SMILES string of the molecule is CC(C)(C)CC(C)(C)C=CC(C)(C)C(C)(C)O. The van der Waals surface area contributed by atoms with Gasteiger partial charge in [-0.15, -0.1) is 0 Å². The van der Waals surface area contributed by atoms with E-state index in [0.717, 1.165) is 6.42 Å². The van der Waals surface area contributed by atoms with E-state index in [0.29, 0.717) is 5.41 Å². The fourth-order valence-corrected chi connectivity index (χ4v) is 2.06. The summed E-state index contributed by atoms with van der Waals surface area (Å²) in [5.41, 5.74) is -0.406. The highest BCUT2D eigenvalue weighted by molar-refractivity contribution is 5.07. The standard InChI is InChI=1S/C16H32O/c1-13(2,3)12-14(4,5)10-11-15(6,7)16(8,9)17/h10-11,17H,12H2,1-9H3. The van der Waals surface area contributed by atoms with E-state index in [9.17, 15) is 5.11 Å². The normalized spacial score (nSPS) is 15.6. The lowest BCUT2D eigenvalue weighted by Crippen LogP contribution is -2.37. The van der Waals surface area contributed by atoms with Gasteiger partial charge in [0.05, 0.1) is 5.60 Å². The Bertz CT molecular complexity index is 269. The van der Waals surface area contributed by atoms with Crippen LogP contribution in [0.5, 0.6) is 0 Å². The molecule has 0 rings (SSSR count). The van der Waals surface area contributed by atoms with Crippen molar-refractivity contribution < 1.29 is 5.11 Å². The number of allylic oxidation sites excluding steroid dienone is 1. The molecule has 0 atom stereocenters. The smallest absolute Gasteiger partial charge is 0.0676 e. The molecule has 0 aliphatic rings. The van der Waals surface area contributed by atoms with Crippen molar-refractivity contribution >= 4 is 0 Å². The van der Waals surface area contributed by atoms with Crippen molar-refractivity contribution in [1.29, 1.82) is 0 Å². The van der Waals surface area contributed by atoms with Gasteiger partial charge >= 0.3 is 0 Å². The van der Waals surface area contributed by atoms with Crippen molar-refractivity contribution in [2.45, 2.75) is 74.3 Å². The van der Waals surface area contributed by atoms with E-state index in [1.54, 1.807) is 0 Å². The molecule has 0 bridgehead atoms. The van der Waals surface area contributed by atoms with Crippen molar-refractivity contribution in [3.05, 3.63) is 12.2 Å². The lowest BCUT2D eigenvalue weighted by molar-refractivity contribution is -0.00788. The number of rotatable bonds is 4. The van der Waals surface area contributed by atoms with E-state index in [-0.39, 0.29) is 10.8 Å². The predicted molar refractivity (Wildman–Crippen MR) is 77.1 cm³/mol. The Hall–Kier alpha value is -0.300. The molecule has 0 heterocycles. The van der Waals surface area contributed by atoms with Crippen molar-refractivity contribution in [1.82, 2.24) is 0 Å². The lowest BCUT2D eigenvalue weighted by Gasteiger charge is -2.36. The van der Waals surface area contributed by atoms with Gasteiger partial charge in [-0.1, -0.05) is 60.6 Å². The summed E-state index contributed by atoms with van der Waals surface area (Å²) in [7, 11) is 0. The Morgan fingerprint density at radius 1 is 0.765 bits per heavy atom. The van der Waals surface area contributed by atoms with Gasteiger partial charge in [0.25, 0.3) is 0 Å². The highest BCUT2D eigenvalue weighted by Crippen LogP contribution is 2.37. The zero-order valence-corrected chi connectivity index (χ0v) is 13.3. The van der Waals surface area contributed by atoms with Gasteiger partial charge in [-0.2, -0.15) is 0 Å². The molecule has 0 unspecified atom stereocenters. The minimum atomic E-state index is -0.693. The third kappa shape index (κ3) is 6.26. The van der Waals surface area contributed by atoms with Gasteiger partial charge < -0.3 is 5.11 Å². The van der Waals surface area contributed by atoms with Gasteiger partial charge in [0.15, 0.2) is 0 Å². The summed E-state index contributed by atoms with van der Waals surface area (Å²) in [6.07, 6.45) is 5.56. The van der Waals surface area contributed by atoms with Crippen molar-refractivity contribution in [2.75, 3.05) is 0 Å². The quantitative estimate of drug-likeness (QED) is 0.700.